The molecule has 1 aliphatic rings. The quantitative estimate of drug-likeness (QED) is 0.906. The van der Waals surface area contributed by atoms with Gasteiger partial charge >= 0.3 is 0 Å². The van der Waals surface area contributed by atoms with Crippen LogP contribution in [0.2, 0.25) is 0 Å². The maximum absolute atomic E-state index is 11.5. The van der Waals surface area contributed by atoms with Gasteiger partial charge in [-0.05, 0) is 36.1 Å². The van der Waals surface area contributed by atoms with E-state index in [-0.39, 0.29) is 16.4 Å². The number of methoxy groups -OCH3 is 1. The molecule has 1 fully saturated rings. The highest BCUT2D eigenvalue weighted by atomic mass is 32.2. The van der Waals surface area contributed by atoms with Crippen LogP contribution < -0.4 is 10.1 Å². The van der Waals surface area contributed by atoms with Gasteiger partial charge in [0.05, 0.1) is 12.4 Å². The van der Waals surface area contributed by atoms with Gasteiger partial charge in [-0.25, -0.2) is 0 Å². The Labute approximate surface area is 110 Å². The van der Waals surface area contributed by atoms with E-state index in [0.717, 1.165) is 35.1 Å². The van der Waals surface area contributed by atoms with Crippen molar-refractivity contribution in [3.8, 4) is 5.75 Å². The molecule has 0 aromatic heterocycles. The first-order valence-corrected chi connectivity index (χ1v) is 6.69. The minimum absolute atomic E-state index is 0.192. The van der Waals surface area contributed by atoms with Gasteiger partial charge in [-0.2, -0.15) is 0 Å². The molecule has 0 bridgehead atoms. The number of hydrogen-bond donors (Lipinski definition) is 1. The fourth-order valence-electron chi connectivity index (χ4n) is 1.98. The highest BCUT2D eigenvalue weighted by molar-refractivity contribution is 8.15. The van der Waals surface area contributed by atoms with Crippen LogP contribution >= 0.6 is 11.8 Å². The Bertz CT molecular complexity index is 487. The number of ether oxygens (including phenoxy) is 1. The van der Waals surface area contributed by atoms with Crippen molar-refractivity contribution in [2.24, 2.45) is 0 Å². The van der Waals surface area contributed by atoms with Crippen LogP contribution in [0.4, 0.5) is 4.79 Å². The Hall–Kier alpha value is -1.49. The molecule has 5 heteroatoms. The first-order chi connectivity index (χ1) is 8.63. The van der Waals surface area contributed by atoms with E-state index in [1.165, 1.54) is 0 Å². The van der Waals surface area contributed by atoms with E-state index >= 15 is 0 Å². The summed E-state index contributed by atoms with van der Waals surface area (Å²) in [5, 5.41) is 1.75. The number of amides is 2. The van der Waals surface area contributed by atoms with Crippen molar-refractivity contribution in [1.29, 1.82) is 0 Å². The molecule has 1 aromatic rings. The van der Waals surface area contributed by atoms with Crippen LogP contribution in [-0.2, 0) is 17.6 Å². The Morgan fingerprint density at radius 3 is 2.67 bits per heavy atom. The molecule has 0 saturated carbocycles. The predicted molar refractivity (Wildman–Crippen MR) is 71.0 cm³/mol. The van der Waals surface area contributed by atoms with Gasteiger partial charge in [-0.1, -0.05) is 24.8 Å². The lowest BCUT2D eigenvalue weighted by molar-refractivity contribution is -0.118. The summed E-state index contributed by atoms with van der Waals surface area (Å²) in [5.41, 5.74) is 2.25. The number of nitrogens with one attached hydrogen (secondary N) is 1. The number of hydrogen-bond acceptors (Lipinski definition) is 4. The average Bonchev–Trinajstić information content (AvgIpc) is 2.68. The van der Waals surface area contributed by atoms with E-state index < -0.39 is 0 Å². The Morgan fingerprint density at radius 2 is 2.11 bits per heavy atom. The zero-order valence-electron chi connectivity index (χ0n) is 10.4. The Balaban J connectivity index is 2.18. The van der Waals surface area contributed by atoms with Crippen LogP contribution in [0.15, 0.2) is 18.2 Å². The topological polar surface area (TPSA) is 55.4 Å². The van der Waals surface area contributed by atoms with Crippen molar-refractivity contribution in [3.63, 3.8) is 0 Å². The predicted octanol–water partition coefficient (Wildman–Crippen LogP) is 2.15. The molecule has 2 rings (SSSR count). The van der Waals surface area contributed by atoms with E-state index in [9.17, 15) is 9.59 Å². The van der Waals surface area contributed by atoms with E-state index in [0.29, 0.717) is 6.42 Å². The Morgan fingerprint density at radius 1 is 1.33 bits per heavy atom. The standard InChI is InChI=1S/C13H15NO3S/c1-3-8-6-10(17-2)5-4-9(8)7-11-12(15)14-13(16)18-11/h4-6,11H,3,7H2,1-2H3,(H,14,15,16). The summed E-state index contributed by atoms with van der Waals surface area (Å²) in [6, 6.07) is 5.83. The molecule has 1 saturated heterocycles. The number of carbonyl (C=O) groups excluding carboxylic acids is 2. The number of carbonyl (C=O) groups is 2. The molecule has 1 aliphatic heterocycles. The van der Waals surface area contributed by atoms with Gasteiger partial charge in [0, 0.05) is 0 Å². The number of benzene rings is 1. The first-order valence-electron chi connectivity index (χ1n) is 5.81. The molecule has 0 radical (unpaired) electrons. The van der Waals surface area contributed by atoms with Crippen LogP contribution in [0.3, 0.4) is 0 Å². The highest BCUT2D eigenvalue weighted by Gasteiger charge is 2.31. The first kappa shape index (κ1) is 13.0. The molecule has 1 unspecified atom stereocenters. The third-order valence-electron chi connectivity index (χ3n) is 2.97. The second-order valence-corrected chi connectivity index (χ2v) is 5.25. The molecule has 4 nitrogen and oxygen atoms in total. The molecule has 1 N–H and O–H groups in total. The zero-order valence-corrected chi connectivity index (χ0v) is 11.2. The van der Waals surface area contributed by atoms with Gasteiger partial charge in [0.25, 0.3) is 5.24 Å². The Kier molecular flexibility index (Phi) is 3.91. The minimum Gasteiger partial charge on any atom is -0.497 e. The second kappa shape index (κ2) is 5.44. The van der Waals surface area contributed by atoms with Crippen molar-refractivity contribution in [2.45, 2.75) is 25.0 Å². The molecule has 1 aromatic carbocycles. The van der Waals surface area contributed by atoms with Gasteiger partial charge in [0.2, 0.25) is 5.91 Å². The van der Waals surface area contributed by atoms with Crippen molar-refractivity contribution >= 4 is 22.9 Å². The highest BCUT2D eigenvalue weighted by Crippen LogP contribution is 2.26. The van der Waals surface area contributed by atoms with Crippen LogP contribution in [0.5, 0.6) is 5.75 Å². The van der Waals surface area contributed by atoms with Gasteiger partial charge in [0.1, 0.15) is 5.75 Å². The van der Waals surface area contributed by atoms with E-state index in [1.807, 2.05) is 18.2 Å². The summed E-state index contributed by atoms with van der Waals surface area (Å²) >= 11 is 1.07. The summed E-state index contributed by atoms with van der Waals surface area (Å²) in [7, 11) is 1.63. The van der Waals surface area contributed by atoms with Crippen molar-refractivity contribution in [2.75, 3.05) is 7.11 Å². The van der Waals surface area contributed by atoms with Crippen molar-refractivity contribution < 1.29 is 14.3 Å². The molecule has 1 heterocycles. The van der Waals surface area contributed by atoms with Crippen LogP contribution in [-0.4, -0.2) is 23.5 Å². The number of aryl methyl sites for hydroxylation is 1. The molecular formula is C13H15NO3S. The smallest absolute Gasteiger partial charge is 0.286 e. The molecule has 96 valence electrons. The monoisotopic (exact) mass is 265 g/mol. The van der Waals surface area contributed by atoms with E-state index in [1.54, 1.807) is 7.11 Å². The fraction of sp³-hybridized carbons (Fsp3) is 0.385. The summed E-state index contributed by atoms with van der Waals surface area (Å²) in [6.07, 6.45) is 1.45. The maximum atomic E-state index is 11.5. The number of thioether (sulfide) groups is 1. The molecule has 2 amide bonds. The summed E-state index contributed by atoms with van der Waals surface area (Å²) in [5.74, 6) is 0.623. The maximum Gasteiger partial charge on any atom is 0.286 e. The van der Waals surface area contributed by atoms with Gasteiger partial charge < -0.3 is 4.74 Å². The lowest BCUT2D eigenvalue weighted by Gasteiger charge is -2.11. The SMILES string of the molecule is CCc1cc(OC)ccc1CC1SC(=O)NC1=O. The minimum atomic E-state index is -0.309. The van der Waals surface area contributed by atoms with Crippen molar-refractivity contribution in [1.82, 2.24) is 5.32 Å². The summed E-state index contributed by atoms with van der Waals surface area (Å²) < 4.78 is 5.18. The van der Waals surface area contributed by atoms with E-state index in [4.69, 9.17) is 4.74 Å². The second-order valence-electron chi connectivity index (χ2n) is 4.08. The molecular weight excluding hydrogens is 250 g/mol. The normalized spacial score (nSPS) is 18.9. The van der Waals surface area contributed by atoms with E-state index in [2.05, 4.69) is 12.2 Å². The van der Waals surface area contributed by atoms with Gasteiger partial charge in [0.15, 0.2) is 0 Å². The molecule has 1 atom stereocenters. The summed E-state index contributed by atoms with van der Waals surface area (Å²) in [4.78, 5) is 22.7. The van der Waals surface area contributed by atoms with Crippen LogP contribution in [0.1, 0.15) is 18.1 Å². The summed E-state index contributed by atoms with van der Waals surface area (Å²) in [6.45, 7) is 2.06. The third kappa shape index (κ3) is 2.67. The average molecular weight is 265 g/mol. The van der Waals surface area contributed by atoms with Gasteiger partial charge in [-0.3, -0.25) is 14.9 Å². The largest absolute Gasteiger partial charge is 0.497 e. The molecule has 0 aliphatic carbocycles. The number of imide groups is 1. The number of rotatable bonds is 4. The van der Waals surface area contributed by atoms with Crippen molar-refractivity contribution in [3.05, 3.63) is 29.3 Å². The third-order valence-corrected chi connectivity index (χ3v) is 3.95. The van der Waals surface area contributed by atoms with Crippen LogP contribution in [0, 0.1) is 0 Å². The molecule has 18 heavy (non-hydrogen) atoms. The lowest BCUT2D eigenvalue weighted by atomic mass is 10.00. The van der Waals surface area contributed by atoms with Gasteiger partial charge in [-0.15, -0.1) is 0 Å². The fourth-order valence-corrected chi connectivity index (χ4v) is 2.83. The molecule has 0 spiro atoms. The lowest BCUT2D eigenvalue weighted by Crippen LogP contribution is -2.25. The zero-order chi connectivity index (χ0) is 13.1. The van der Waals surface area contributed by atoms with Crippen LogP contribution in [0.25, 0.3) is 0 Å².